The first-order chi connectivity index (χ1) is 16.7. The van der Waals surface area contributed by atoms with Gasteiger partial charge in [-0.25, -0.2) is 4.90 Å². The summed E-state index contributed by atoms with van der Waals surface area (Å²) in [6, 6.07) is 28.0. The molecule has 0 aliphatic carbocycles. The molecule has 0 saturated carbocycles. The molecule has 5 rings (SSSR count). The van der Waals surface area contributed by atoms with Gasteiger partial charge in [-0.2, -0.15) is 0 Å². The number of hydrogen-bond donors (Lipinski definition) is 0. The zero-order chi connectivity index (χ0) is 23.5. The average Bonchev–Trinajstić information content (AvgIpc) is 3.19. The van der Waals surface area contributed by atoms with Crippen molar-refractivity contribution >= 4 is 17.5 Å². The highest BCUT2D eigenvalue weighted by Gasteiger charge is 2.43. The monoisotopic (exact) mass is 455 g/mol. The minimum atomic E-state index is -0.409. The predicted octanol–water partition coefficient (Wildman–Crippen LogP) is 3.73. The summed E-state index contributed by atoms with van der Waals surface area (Å²) in [4.78, 5) is 32.1. The van der Waals surface area contributed by atoms with E-state index in [4.69, 9.17) is 4.74 Å². The van der Waals surface area contributed by atoms with Crippen LogP contribution in [0, 0.1) is 0 Å². The van der Waals surface area contributed by atoms with Crippen molar-refractivity contribution in [3.63, 3.8) is 0 Å². The van der Waals surface area contributed by atoms with Gasteiger partial charge in [0, 0.05) is 32.2 Å². The van der Waals surface area contributed by atoms with Gasteiger partial charge in [-0.3, -0.25) is 19.4 Å². The summed E-state index contributed by atoms with van der Waals surface area (Å²) < 4.78 is 5.27. The zero-order valence-electron chi connectivity index (χ0n) is 19.3. The van der Waals surface area contributed by atoms with E-state index in [1.54, 1.807) is 31.4 Å². The molecule has 2 fully saturated rings. The summed E-state index contributed by atoms with van der Waals surface area (Å²) in [7, 11) is 1.58. The van der Waals surface area contributed by atoms with Gasteiger partial charge in [0.25, 0.3) is 5.91 Å². The lowest BCUT2D eigenvalue weighted by atomic mass is 9.96. The van der Waals surface area contributed by atoms with E-state index < -0.39 is 6.04 Å². The van der Waals surface area contributed by atoms with Gasteiger partial charge in [-0.15, -0.1) is 0 Å². The van der Waals surface area contributed by atoms with Gasteiger partial charge < -0.3 is 4.74 Å². The molecule has 6 heteroatoms. The highest BCUT2D eigenvalue weighted by Crippen LogP contribution is 2.32. The lowest BCUT2D eigenvalue weighted by Crippen LogP contribution is -2.53. The van der Waals surface area contributed by atoms with Crippen molar-refractivity contribution in [3.8, 4) is 5.75 Å². The second-order valence-corrected chi connectivity index (χ2v) is 8.78. The van der Waals surface area contributed by atoms with Crippen LogP contribution in [0.3, 0.4) is 0 Å². The number of carbonyl (C=O) groups is 2. The first-order valence-electron chi connectivity index (χ1n) is 11.7. The van der Waals surface area contributed by atoms with Crippen LogP contribution in [-0.2, 0) is 9.59 Å². The first kappa shape index (κ1) is 22.3. The number of ether oxygens (including phenoxy) is 1. The van der Waals surface area contributed by atoms with Crippen LogP contribution in [0.4, 0.5) is 5.69 Å². The summed E-state index contributed by atoms with van der Waals surface area (Å²) in [5.74, 6) is 0.328. The second-order valence-electron chi connectivity index (χ2n) is 8.78. The summed E-state index contributed by atoms with van der Waals surface area (Å²) in [6.45, 7) is 3.13. The maximum Gasteiger partial charge on any atom is 0.251 e. The summed E-state index contributed by atoms with van der Waals surface area (Å²) in [5.41, 5.74) is 3.10. The number of methoxy groups -OCH3 is 1. The molecule has 0 N–H and O–H groups in total. The van der Waals surface area contributed by atoms with Crippen molar-refractivity contribution in [2.24, 2.45) is 0 Å². The number of imide groups is 1. The molecule has 174 valence electrons. The molecule has 0 bridgehead atoms. The maximum absolute atomic E-state index is 13.3. The summed E-state index contributed by atoms with van der Waals surface area (Å²) in [6.07, 6.45) is 0.219. The van der Waals surface area contributed by atoms with Crippen molar-refractivity contribution in [1.82, 2.24) is 9.80 Å². The molecule has 0 unspecified atom stereocenters. The Morgan fingerprint density at radius 3 is 2.00 bits per heavy atom. The Morgan fingerprint density at radius 1 is 0.794 bits per heavy atom. The smallest absolute Gasteiger partial charge is 0.251 e. The molecule has 6 nitrogen and oxygen atoms in total. The summed E-state index contributed by atoms with van der Waals surface area (Å²) in [5, 5.41) is 0. The highest BCUT2D eigenvalue weighted by molar-refractivity contribution is 6.22. The molecule has 2 aliphatic heterocycles. The number of piperazine rings is 1. The van der Waals surface area contributed by atoms with E-state index in [1.165, 1.54) is 16.0 Å². The van der Waals surface area contributed by atoms with Gasteiger partial charge in [0.2, 0.25) is 5.91 Å². The highest BCUT2D eigenvalue weighted by atomic mass is 16.5. The molecule has 1 atom stereocenters. The van der Waals surface area contributed by atoms with Crippen LogP contribution in [0.15, 0.2) is 84.9 Å². The van der Waals surface area contributed by atoms with E-state index in [0.29, 0.717) is 11.4 Å². The van der Waals surface area contributed by atoms with Crippen molar-refractivity contribution in [1.29, 1.82) is 0 Å². The molecule has 0 spiro atoms. The van der Waals surface area contributed by atoms with Gasteiger partial charge >= 0.3 is 0 Å². The quantitative estimate of drug-likeness (QED) is 0.530. The van der Waals surface area contributed by atoms with Crippen LogP contribution in [0.25, 0.3) is 0 Å². The van der Waals surface area contributed by atoms with Crippen LogP contribution < -0.4 is 9.64 Å². The van der Waals surface area contributed by atoms with Crippen molar-refractivity contribution in [2.75, 3.05) is 38.2 Å². The van der Waals surface area contributed by atoms with Gasteiger partial charge in [-0.05, 0) is 23.3 Å². The molecule has 3 aromatic carbocycles. The molecule has 2 aliphatic rings. The van der Waals surface area contributed by atoms with Crippen LogP contribution in [0.5, 0.6) is 5.75 Å². The average molecular weight is 456 g/mol. The molecule has 2 heterocycles. The number of amides is 2. The predicted molar refractivity (Wildman–Crippen MR) is 132 cm³/mol. The van der Waals surface area contributed by atoms with E-state index in [0.717, 1.165) is 26.2 Å². The van der Waals surface area contributed by atoms with Gasteiger partial charge in [0.05, 0.1) is 31.3 Å². The van der Waals surface area contributed by atoms with Crippen molar-refractivity contribution in [3.05, 3.63) is 96.1 Å². The zero-order valence-corrected chi connectivity index (χ0v) is 19.3. The second kappa shape index (κ2) is 9.79. The number of nitrogens with zero attached hydrogens (tertiary/aromatic N) is 3. The van der Waals surface area contributed by atoms with Gasteiger partial charge in [0.1, 0.15) is 5.75 Å². The third-order valence-electron chi connectivity index (χ3n) is 6.82. The topological polar surface area (TPSA) is 53.1 Å². The summed E-state index contributed by atoms with van der Waals surface area (Å²) >= 11 is 0. The molecular weight excluding hydrogens is 426 g/mol. The number of hydrogen-bond acceptors (Lipinski definition) is 5. The third kappa shape index (κ3) is 4.34. The number of anilines is 1. The minimum Gasteiger partial charge on any atom is -0.497 e. The Hall–Kier alpha value is -3.48. The number of rotatable bonds is 6. The molecule has 3 aromatic rings. The van der Waals surface area contributed by atoms with Crippen LogP contribution in [0.1, 0.15) is 23.6 Å². The SMILES string of the molecule is COc1cccc(N2C(=O)C[C@@H](N3CCN(C(c4ccccc4)c4ccccc4)CC3)C2=O)c1. The fourth-order valence-electron chi connectivity index (χ4n) is 5.11. The van der Waals surface area contributed by atoms with Gasteiger partial charge in [0.15, 0.2) is 0 Å². The molecular formula is C28H29N3O3. The van der Waals surface area contributed by atoms with E-state index in [1.807, 2.05) is 12.1 Å². The molecule has 0 radical (unpaired) electrons. The molecule has 34 heavy (non-hydrogen) atoms. The Kier molecular flexibility index (Phi) is 6.43. The van der Waals surface area contributed by atoms with Crippen molar-refractivity contribution < 1.29 is 14.3 Å². The largest absolute Gasteiger partial charge is 0.497 e. The minimum absolute atomic E-state index is 0.144. The molecule has 2 amide bonds. The first-order valence-corrected chi connectivity index (χ1v) is 11.7. The number of benzene rings is 3. The Bertz CT molecular complexity index is 1100. The standard InChI is InChI=1S/C28H29N3O3/c1-34-24-14-8-13-23(19-24)31-26(32)20-25(28(31)33)29-15-17-30(18-16-29)27(21-9-4-2-5-10-21)22-11-6-3-7-12-22/h2-14,19,25,27H,15-18,20H2,1H3/t25-/m1/s1. The van der Waals surface area contributed by atoms with E-state index >= 15 is 0 Å². The van der Waals surface area contributed by atoms with E-state index in [-0.39, 0.29) is 24.3 Å². The molecule has 2 saturated heterocycles. The Balaban J connectivity index is 1.31. The third-order valence-corrected chi connectivity index (χ3v) is 6.82. The lowest BCUT2D eigenvalue weighted by molar-refractivity contribution is -0.123. The van der Waals surface area contributed by atoms with Crippen LogP contribution in [-0.4, -0.2) is 60.9 Å². The Morgan fingerprint density at radius 2 is 1.41 bits per heavy atom. The fraction of sp³-hybridized carbons (Fsp3) is 0.286. The fourth-order valence-corrected chi connectivity index (χ4v) is 5.11. The number of carbonyl (C=O) groups excluding carboxylic acids is 2. The lowest BCUT2D eigenvalue weighted by Gasteiger charge is -2.41. The van der Waals surface area contributed by atoms with E-state index in [2.05, 4.69) is 58.3 Å². The Labute approximate surface area is 200 Å². The maximum atomic E-state index is 13.3. The molecule has 0 aromatic heterocycles. The van der Waals surface area contributed by atoms with E-state index in [9.17, 15) is 9.59 Å². The van der Waals surface area contributed by atoms with Crippen LogP contribution >= 0.6 is 0 Å². The normalized spacial score (nSPS) is 19.7. The van der Waals surface area contributed by atoms with Crippen molar-refractivity contribution in [2.45, 2.75) is 18.5 Å². The van der Waals surface area contributed by atoms with Crippen LogP contribution in [0.2, 0.25) is 0 Å². The van der Waals surface area contributed by atoms with Gasteiger partial charge in [-0.1, -0.05) is 66.7 Å².